The Bertz CT molecular complexity index is 551. The number of primary sulfonamides is 1. The molecule has 1 aromatic carbocycles. The molecule has 0 aromatic heterocycles. The van der Waals surface area contributed by atoms with Gasteiger partial charge < -0.3 is 5.32 Å². The fourth-order valence-electron chi connectivity index (χ4n) is 2.57. The van der Waals surface area contributed by atoms with Gasteiger partial charge in [0.15, 0.2) is 0 Å². The highest BCUT2D eigenvalue weighted by Crippen LogP contribution is 2.31. The minimum atomic E-state index is -3.65. The topological polar surface area (TPSA) is 72.2 Å². The zero-order valence-electron chi connectivity index (χ0n) is 11.5. The smallest absolute Gasteiger partial charge is 0.238 e. The van der Waals surface area contributed by atoms with Crippen LogP contribution in [0.5, 0.6) is 0 Å². The number of hydrogen-bond donors (Lipinski definition) is 2. The zero-order chi connectivity index (χ0) is 14.0. The van der Waals surface area contributed by atoms with Crippen molar-refractivity contribution in [3.8, 4) is 0 Å². The molecule has 1 aromatic rings. The molecule has 0 saturated heterocycles. The van der Waals surface area contributed by atoms with E-state index in [-0.39, 0.29) is 4.90 Å². The number of benzene rings is 1. The quantitative estimate of drug-likeness (QED) is 0.872. The van der Waals surface area contributed by atoms with E-state index in [9.17, 15) is 8.42 Å². The molecule has 0 aliphatic heterocycles. The molecule has 0 radical (unpaired) electrons. The molecule has 1 aliphatic carbocycles. The second-order valence-corrected chi connectivity index (χ2v) is 7.13. The van der Waals surface area contributed by atoms with E-state index in [4.69, 9.17) is 5.14 Å². The second-order valence-electron chi connectivity index (χ2n) is 5.60. The van der Waals surface area contributed by atoms with Gasteiger partial charge in [0.05, 0.1) is 4.90 Å². The van der Waals surface area contributed by atoms with Crippen molar-refractivity contribution in [1.29, 1.82) is 0 Å². The average Bonchev–Trinajstić information content (AvgIpc) is 2.25. The van der Waals surface area contributed by atoms with Crippen LogP contribution in [0, 0.1) is 12.8 Å². The summed E-state index contributed by atoms with van der Waals surface area (Å²) < 4.78 is 22.9. The lowest BCUT2D eigenvalue weighted by Gasteiger charge is -2.29. The highest BCUT2D eigenvalue weighted by molar-refractivity contribution is 7.89. The maximum atomic E-state index is 11.5. The Kier molecular flexibility index (Phi) is 4.16. The van der Waals surface area contributed by atoms with Crippen LogP contribution in [-0.4, -0.2) is 14.5 Å². The zero-order valence-corrected chi connectivity index (χ0v) is 12.3. The first-order valence-electron chi connectivity index (χ1n) is 6.76. The molecule has 2 rings (SSSR count). The Morgan fingerprint density at radius 1 is 1.42 bits per heavy atom. The van der Waals surface area contributed by atoms with Crippen molar-refractivity contribution >= 4 is 15.7 Å². The molecule has 106 valence electrons. The molecular weight excluding hydrogens is 260 g/mol. The van der Waals surface area contributed by atoms with Gasteiger partial charge in [0, 0.05) is 11.7 Å². The maximum Gasteiger partial charge on any atom is 0.238 e. The van der Waals surface area contributed by atoms with Crippen LogP contribution in [-0.2, 0) is 10.0 Å². The predicted octanol–water partition coefficient (Wildman–Crippen LogP) is 2.63. The van der Waals surface area contributed by atoms with Crippen molar-refractivity contribution in [3.05, 3.63) is 23.8 Å². The number of sulfonamides is 1. The van der Waals surface area contributed by atoms with Crippen molar-refractivity contribution < 1.29 is 8.42 Å². The number of nitrogens with one attached hydrogen (secondary N) is 1. The standard InChI is InChI=1S/C14H22N2O2S/c1-10-6-7-13(9-14(10)19(15,17)18)16-11(2)8-12-4-3-5-12/h6-7,9,11-12,16H,3-5,8H2,1-2H3,(H2,15,17,18). The molecule has 0 bridgehead atoms. The van der Waals surface area contributed by atoms with Gasteiger partial charge in [-0.1, -0.05) is 25.3 Å². The maximum absolute atomic E-state index is 11.5. The molecule has 0 heterocycles. The highest BCUT2D eigenvalue weighted by Gasteiger charge is 2.20. The number of hydrogen-bond acceptors (Lipinski definition) is 3. The normalized spacial score (nSPS) is 17.8. The van der Waals surface area contributed by atoms with Crippen LogP contribution in [0.2, 0.25) is 0 Å². The first-order valence-corrected chi connectivity index (χ1v) is 8.31. The van der Waals surface area contributed by atoms with Crippen molar-refractivity contribution in [1.82, 2.24) is 0 Å². The van der Waals surface area contributed by atoms with Gasteiger partial charge in [0.2, 0.25) is 10.0 Å². The van der Waals surface area contributed by atoms with Crippen LogP contribution in [0.15, 0.2) is 23.1 Å². The van der Waals surface area contributed by atoms with E-state index in [1.165, 1.54) is 19.3 Å². The summed E-state index contributed by atoms with van der Waals surface area (Å²) in [6.45, 7) is 3.89. The molecule has 0 amide bonds. The summed E-state index contributed by atoms with van der Waals surface area (Å²) in [7, 11) is -3.65. The number of aryl methyl sites for hydroxylation is 1. The molecule has 0 spiro atoms. The van der Waals surface area contributed by atoms with Gasteiger partial charge in [-0.3, -0.25) is 0 Å². The van der Waals surface area contributed by atoms with Gasteiger partial charge in [-0.15, -0.1) is 0 Å². The van der Waals surface area contributed by atoms with Crippen molar-refractivity contribution in [2.24, 2.45) is 11.1 Å². The minimum Gasteiger partial charge on any atom is -0.383 e. The molecule has 3 N–H and O–H groups in total. The van der Waals surface area contributed by atoms with Gasteiger partial charge in [-0.2, -0.15) is 0 Å². The molecule has 4 nitrogen and oxygen atoms in total. The van der Waals surface area contributed by atoms with E-state index in [1.807, 2.05) is 6.07 Å². The second kappa shape index (κ2) is 5.51. The fourth-order valence-corrected chi connectivity index (χ4v) is 3.38. The Hall–Kier alpha value is -1.07. The summed E-state index contributed by atoms with van der Waals surface area (Å²) in [5.74, 6) is 0.825. The third-order valence-corrected chi connectivity index (χ3v) is 4.87. The Labute approximate surface area is 115 Å². The van der Waals surface area contributed by atoms with E-state index < -0.39 is 10.0 Å². The van der Waals surface area contributed by atoms with Gasteiger partial charge in [-0.05, 0) is 43.9 Å². The lowest BCUT2D eigenvalue weighted by molar-refractivity contribution is 0.286. The first kappa shape index (κ1) is 14.3. The highest BCUT2D eigenvalue weighted by atomic mass is 32.2. The Morgan fingerprint density at radius 2 is 2.11 bits per heavy atom. The van der Waals surface area contributed by atoms with Crippen LogP contribution >= 0.6 is 0 Å². The minimum absolute atomic E-state index is 0.202. The third-order valence-electron chi connectivity index (χ3n) is 3.82. The summed E-state index contributed by atoms with van der Waals surface area (Å²) in [6.07, 6.45) is 5.13. The number of nitrogens with two attached hydrogens (primary N) is 1. The molecule has 5 heteroatoms. The van der Waals surface area contributed by atoms with Crippen molar-refractivity contribution in [2.45, 2.75) is 50.5 Å². The third kappa shape index (κ3) is 3.70. The van der Waals surface area contributed by atoms with Crippen LogP contribution in [0.4, 0.5) is 5.69 Å². The summed E-state index contributed by atoms with van der Waals surface area (Å²) >= 11 is 0. The molecule has 1 aliphatic rings. The summed E-state index contributed by atoms with van der Waals surface area (Å²) in [5.41, 5.74) is 1.50. The molecule has 1 unspecified atom stereocenters. The molecular formula is C14H22N2O2S. The largest absolute Gasteiger partial charge is 0.383 e. The Morgan fingerprint density at radius 3 is 2.63 bits per heavy atom. The lowest BCUT2D eigenvalue weighted by atomic mass is 9.81. The molecule has 1 saturated carbocycles. The van der Waals surface area contributed by atoms with E-state index >= 15 is 0 Å². The van der Waals surface area contributed by atoms with E-state index in [0.717, 1.165) is 18.0 Å². The van der Waals surface area contributed by atoms with Crippen LogP contribution < -0.4 is 10.5 Å². The van der Waals surface area contributed by atoms with Gasteiger partial charge in [-0.25, -0.2) is 13.6 Å². The predicted molar refractivity (Wildman–Crippen MR) is 77.6 cm³/mol. The SMILES string of the molecule is Cc1ccc(NC(C)CC2CCC2)cc1S(N)(=O)=O. The van der Waals surface area contributed by atoms with Crippen molar-refractivity contribution in [3.63, 3.8) is 0 Å². The van der Waals surface area contributed by atoms with Gasteiger partial charge >= 0.3 is 0 Å². The van der Waals surface area contributed by atoms with Crippen LogP contribution in [0.25, 0.3) is 0 Å². The monoisotopic (exact) mass is 282 g/mol. The number of rotatable bonds is 5. The average molecular weight is 282 g/mol. The summed E-state index contributed by atoms with van der Waals surface area (Å²) in [4.78, 5) is 0.202. The summed E-state index contributed by atoms with van der Waals surface area (Å²) in [5, 5.41) is 8.57. The molecule has 1 atom stereocenters. The first-order chi connectivity index (χ1) is 8.86. The molecule has 1 fully saturated rings. The fraction of sp³-hybridized carbons (Fsp3) is 0.571. The van der Waals surface area contributed by atoms with Crippen LogP contribution in [0.1, 0.15) is 38.2 Å². The van der Waals surface area contributed by atoms with Crippen LogP contribution in [0.3, 0.4) is 0 Å². The Balaban J connectivity index is 2.08. The summed E-state index contributed by atoms with van der Waals surface area (Å²) in [6, 6.07) is 5.67. The van der Waals surface area contributed by atoms with Crippen molar-refractivity contribution in [2.75, 3.05) is 5.32 Å². The van der Waals surface area contributed by atoms with Gasteiger partial charge in [0.1, 0.15) is 0 Å². The van der Waals surface area contributed by atoms with Gasteiger partial charge in [0.25, 0.3) is 0 Å². The number of anilines is 1. The van der Waals surface area contributed by atoms with E-state index in [2.05, 4.69) is 12.2 Å². The van der Waals surface area contributed by atoms with E-state index in [1.54, 1.807) is 19.1 Å². The van der Waals surface area contributed by atoms with E-state index in [0.29, 0.717) is 11.6 Å². The lowest BCUT2D eigenvalue weighted by Crippen LogP contribution is -2.23. The molecule has 19 heavy (non-hydrogen) atoms.